The number of aromatic nitrogens is 4. The molecule has 3 aromatic heterocycles. The van der Waals surface area contributed by atoms with Crippen molar-refractivity contribution < 1.29 is 31.9 Å². The van der Waals surface area contributed by atoms with E-state index in [0.717, 1.165) is 23.3 Å². The van der Waals surface area contributed by atoms with E-state index in [1.807, 2.05) is 0 Å². The van der Waals surface area contributed by atoms with Crippen LogP contribution in [0, 0.1) is 6.92 Å². The van der Waals surface area contributed by atoms with E-state index in [2.05, 4.69) is 19.7 Å². The maximum atomic E-state index is 13.8. The van der Waals surface area contributed by atoms with E-state index in [4.69, 9.17) is 0 Å². The van der Waals surface area contributed by atoms with Gasteiger partial charge in [-0.2, -0.15) is 17.5 Å². The van der Waals surface area contributed by atoms with Crippen LogP contribution in [-0.4, -0.2) is 48.8 Å². The van der Waals surface area contributed by atoms with E-state index < -0.39 is 42.6 Å². The molecule has 1 atom stereocenters. The number of rotatable bonds is 5. The van der Waals surface area contributed by atoms with Gasteiger partial charge in [0.1, 0.15) is 5.65 Å². The second kappa shape index (κ2) is 8.78. The summed E-state index contributed by atoms with van der Waals surface area (Å²) in [5, 5.41) is 14.4. The van der Waals surface area contributed by atoms with Crippen LogP contribution >= 0.6 is 11.5 Å². The number of nitrogens with zero attached hydrogens (tertiary/aromatic N) is 5. The van der Waals surface area contributed by atoms with E-state index in [-0.39, 0.29) is 30.4 Å². The summed E-state index contributed by atoms with van der Waals surface area (Å²) in [7, 11) is 0. The van der Waals surface area contributed by atoms with Crippen LogP contribution in [0.4, 0.5) is 33.6 Å². The molecule has 4 heterocycles. The number of aromatic carboxylic acids is 1. The molecule has 2 N–H and O–H groups in total. The molecule has 0 spiro atoms. The van der Waals surface area contributed by atoms with Gasteiger partial charge in [0.15, 0.2) is 11.4 Å². The average Bonchev–Trinajstić information content (AvgIpc) is 3.46. The predicted molar refractivity (Wildman–Crippen MR) is 128 cm³/mol. The molecule has 14 heteroatoms. The Morgan fingerprint density at radius 2 is 1.92 bits per heavy atom. The van der Waals surface area contributed by atoms with Crippen molar-refractivity contribution in [2.75, 3.05) is 23.3 Å². The van der Waals surface area contributed by atoms with Gasteiger partial charge in [0.25, 0.3) is 5.92 Å². The third kappa shape index (κ3) is 4.65. The van der Waals surface area contributed by atoms with E-state index in [9.17, 15) is 31.9 Å². The minimum absolute atomic E-state index is 0.00485. The van der Waals surface area contributed by atoms with Crippen molar-refractivity contribution in [1.29, 1.82) is 0 Å². The Kier molecular flexibility index (Phi) is 5.96. The SMILES string of the molecule is Cc1cc(C(C)Nc2csnc2C(=O)O)c2nc(N3CCC(F)(F)CC3)n3cc(C(F)(F)F)nc3c2c1. The van der Waals surface area contributed by atoms with Crippen molar-refractivity contribution in [3.8, 4) is 0 Å². The van der Waals surface area contributed by atoms with E-state index in [1.165, 1.54) is 4.40 Å². The van der Waals surface area contributed by atoms with Gasteiger partial charge in [-0.15, -0.1) is 0 Å². The number of carbonyl (C=O) groups is 1. The smallest absolute Gasteiger partial charge is 0.434 e. The number of aryl methyl sites for hydroxylation is 1. The summed E-state index contributed by atoms with van der Waals surface area (Å²) in [4.78, 5) is 21.6. The van der Waals surface area contributed by atoms with Crippen molar-refractivity contribution >= 4 is 45.7 Å². The van der Waals surface area contributed by atoms with Crippen LogP contribution in [0.15, 0.2) is 23.7 Å². The van der Waals surface area contributed by atoms with Gasteiger partial charge in [-0.1, -0.05) is 6.07 Å². The lowest BCUT2D eigenvalue weighted by Crippen LogP contribution is -2.40. The average molecular weight is 541 g/mol. The highest BCUT2D eigenvalue weighted by atomic mass is 32.1. The number of anilines is 2. The van der Waals surface area contributed by atoms with Gasteiger partial charge < -0.3 is 15.3 Å². The van der Waals surface area contributed by atoms with Gasteiger partial charge in [-0.05, 0) is 37.0 Å². The van der Waals surface area contributed by atoms with Crippen LogP contribution < -0.4 is 10.2 Å². The molecule has 0 saturated carbocycles. The van der Waals surface area contributed by atoms with E-state index >= 15 is 0 Å². The number of alkyl halides is 5. The Labute approximate surface area is 210 Å². The number of nitrogens with one attached hydrogen (secondary N) is 1. The molecule has 1 aliphatic rings. The number of hydrogen-bond acceptors (Lipinski definition) is 7. The minimum atomic E-state index is -4.72. The number of halogens is 5. The first-order chi connectivity index (χ1) is 17.3. The van der Waals surface area contributed by atoms with Crippen LogP contribution in [0.1, 0.15) is 53.1 Å². The zero-order valence-corrected chi connectivity index (χ0v) is 20.4. The van der Waals surface area contributed by atoms with Gasteiger partial charge in [0.05, 0.1) is 17.2 Å². The van der Waals surface area contributed by atoms with Gasteiger partial charge in [-0.25, -0.2) is 23.5 Å². The molecule has 1 aromatic carbocycles. The van der Waals surface area contributed by atoms with Crippen molar-refractivity contribution in [3.63, 3.8) is 0 Å². The monoisotopic (exact) mass is 540 g/mol. The molecule has 1 fully saturated rings. The lowest BCUT2D eigenvalue weighted by atomic mass is 10.0. The molecule has 1 unspecified atom stereocenters. The van der Waals surface area contributed by atoms with Gasteiger partial charge in [0, 0.05) is 48.5 Å². The Bertz CT molecular complexity index is 1510. The minimum Gasteiger partial charge on any atom is -0.476 e. The van der Waals surface area contributed by atoms with Crippen molar-refractivity contribution in [3.05, 3.63) is 46.2 Å². The van der Waals surface area contributed by atoms with Gasteiger partial charge in [-0.3, -0.25) is 4.40 Å². The fourth-order valence-corrected chi connectivity index (χ4v) is 5.13. The molecular weight excluding hydrogens is 519 g/mol. The maximum Gasteiger partial charge on any atom is 0.434 e. The summed E-state index contributed by atoms with van der Waals surface area (Å²) in [6.07, 6.45) is -4.78. The molecule has 5 rings (SSSR count). The number of carboxylic acids is 1. The van der Waals surface area contributed by atoms with Crippen LogP contribution in [-0.2, 0) is 6.18 Å². The first-order valence-electron chi connectivity index (χ1n) is 11.3. The van der Waals surface area contributed by atoms with Crippen molar-refractivity contribution in [1.82, 2.24) is 18.7 Å². The lowest BCUT2D eigenvalue weighted by Gasteiger charge is -2.33. The molecule has 4 aromatic rings. The highest BCUT2D eigenvalue weighted by molar-refractivity contribution is 7.04. The number of benzene rings is 1. The van der Waals surface area contributed by atoms with Crippen molar-refractivity contribution in [2.24, 2.45) is 0 Å². The third-order valence-electron chi connectivity index (χ3n) is 6.34. The summed E-state index contributed by atoms with van der Waals surface area (Å²) in [6, 6.07) is 2.94. The highest BCUT2D eigenvalue weighted by Crippen LogP contribution is 2.37. The normalized spacial score (nSPS) is 16.9. The Hall–Kier alpha value is -3.55. The molecular formula is C23H21F5N6O2S. The molecule has 0 radical (unpaired) electrons. The molecule has 0 bridgehead atoms. The standard InChI is InChI=1S/C23H21F5N6O2S/c1-11-7-13(12(2)29-15-10-37-32-18(15)20(35)36)17-14(8-11)19-30-16(23(26,27)28)9-34(19)21(31-17)33-5-3-22(24,25)4-6-33/h7-10,12,29H,3-6H2,1-2H3,(H,35,36). The van der Waals surface area contributed by atoms with Crippen LogP contribution in [0.2, 0.25) is 0 Å². The summed E-state index contributed by atoms with van der Waals surface area (Å²) < 4.78 is 73.6. The van der Waals surface area contributed by atoms with Crippen LogP contribution in [0.5, 0.6) is 0 Å². The fraction of sp³-hybridized carbons (Fsp3) is 0.391. The van der Waals surface area contributed by atoms with Crippen molar-refractivity contribution in [2.45, 2.75) is 44.8 Å². The molecule has 8 nitrogen and oxygen atoms in total. The summed E-state index contributed by atoms with van der Waals surface area (Å²) in [5.74, 6) is -3.97. The number of hydrogen-bond donors (Lipinski definition) is 2. The molecule has 1 aliphatic heterocycles. The second-order valence-corrected chi connectivity index (χ2v) is 9.70. The Morgan fingerprint density at radius 3 is 2.57 bits per heavy atom. The molecule has 37 heavy (non-hydrogen) atoms. The predicted octanol–water partition coefficient (Wildman–Crippen LogP) is 5.77. The fourth-order valence-electron chi connectivity index (χ4n) is 4.51. The highest BCUT2D eigenvalue weighted by Gasteiger charge is 2.37. The summed E-state index contributed by atoms with van der Waals surface area (Å²) in [6.45, 7) is 3.36. The van der Waals surface area contributed by atoms with E-state index in [0.29, 0.717) is 22.2 Å². The first-order valence-corrected chi connectivity index (χ1v) is 12.2. The zero-order valence-electron chi connectivity index (χ0n) is 19.6. The Balaban J connectivity index is 1.70. The molecule has 196 valence electrons. The zero-order chi connectivity index (χ0) is 26.7. The molecule has 0 aliphatic carbocycles. The quantitative estimate of drug-likeness (QED) is 0.310. The topological polar surface area (TPSA) is 95.6 Å². The van der Waals surface area contributed by atoms with Crippen LogP contribution in [0.25, 0.3) is 16.6 Å². The number of fused-ring (bicyclic) bond motifs is 3. The number of carboxylic acid groups (broad SMARTS) is 1. The van der Waals surface area contributed by atoms with Gasteiger partial charge >= 0.3 is 12.1 Å². The largest absolute Gasteiger partial charge is 0.476 e. The summed E-state index contributed by atoms with van der Waals surface area (Å²) in [5.41, 5.74) is 0.676. The Morgan fingerprint density at radius 1 is 1.22 bits per heavy atom. The van der Waals surface area contributed by atoms with Crippen LogP contribution in [0.3, 0.4) is 0 Å². The summed E-state index contributed by atoms with van der Waals surface area (Å²) >= 11 is 0.970. The third-order valence-corrected chi connectivity index (χ3v) is 6.97. The molecule has 0 amide bonds. The number of imidazole rings is 1. The first kappa shape index (κ1) is 25.1. The maximum absolute atomic E-state index is 13.8. The van der Waals surface area contributed by atoms with Gasteiger partial charge in [0.2, 0.25) is 5.95 Å². The van der Waals surface area contributed by atoms with E-state index in [1.54, 1.807) is 36.3 Å². The second-order valence-electron chi connectivity index (χ2n) is 9.07. The lowest BCUT2D eigenvalue weighted by molar-refractivity contribution is -0.140. The molecule has 1 saturated heterocycles. The number of piperidine rings is 1.